The second-order valence-electron chi connectivity index (χ2n) is 5.16. The Labute approximate surface area is 129 Å². The van der Waals surface area contributed by atoms with Gasteiger partial charge in [0.2, 0.25) is 0 Å². The summed E-state index contributed by atoms with van der Waals surface area (Å²) >= 11 is 6.09. The highest BCUT2D eigenvalue weighted by Crippen LogP contribution is 2.24. The summed E-state index contributed by atoms with van der Waals surface area (Å²) in [4.78, 5) is 18.4. The first-order valence-electron chi connectivity index (χ1n) is 6.60. The average molecular weight is 304 g/mol. The number of rotatable bonds is 3. The van der Waals surface area contributed by atoms with Crippen LogP contribution >= 0.6 is 11.6 Å². The van der Waals surface area contributed by atoms with Crippen LogP contribution in [0.25, 0.3) is 0 Å². The number of anilines is 2. The Morgan fingerprint density at radius 2 is 1.95 bits per heavy atom. The molecule has 4 nitrogen and oxygen atoms in total. The van der Waals surface area contributed by atoms with Gasteiger partial charge in [0.25, 0.3) is 5.91 Å². The van der Waals surface area contributed by atoms with Crippen molar-refractivity contribution >= 4 is 28.9 Å². The molecule has 0 atom stereocenters. The van der Waals surface area contributed by atoms with Gasteiger partial charge in [-0.2, -0.15) is 0 Å². The Kier molecular flexibility index (Phi) is 4.48. The zero-order valence-corrected chi connectivity index (χ0v) is 13.3. The van der Waals surface area contributed by atoms with Gasteiger partial charge in [-0.3, -0.25) is 9.78 Å². The van der Waals surface area contributed by atoms with Gasteiger partial charge in [0.15, 0.2) is 0 Å². The van der Waals surface area contributed by atoms with Crippen LogP contribution in [0.1, 0.15) is 21.6 Å². The highest BCUT2D eigenvalue weighted by atomic mass is 35.5. The van der Waals surface area contributed by atoms with Gasteiger partial charge in [0.05, 0.1) is 10.6 Å². The van der Waals surface area contributed by atoms with Crippen molar-refractivity contribution in [3.8, 4) is 0 Å². The molecule has 1 aromatic heterocycles. The van der Waals surface area contributed by atoms with Gasteiger partial charge in [-0.1, -0.05) is 17.7 Å². The number of aromatic nitrogens is 1. The van der Waals surface area contributed by atoms with Crippen molar-refractivity contribution in [2.75, 3.05) is 24.3 Å². The summed E-state index contributed by atoms with van der Waals surface area (Å²) in [5.74, 6) is -0.263. The number of carbonyl (C=O) groups excluding carboxylic acids is 1. The molecule has 0 aliphatic rings. The minimum Gasteiger partial charge on any atom is -0.377 e. The fraction of sp³-hybridized carbons (Fsp3) is 0.250. The molecular weight excluding hydrogens is 286 g/mol. The Morgan fingerprint density at radius 3 is 2.57 bits per heavy atom. The predicted molar refractivity (Wildman–Crippen MR) is 87.4 cm³/mol. The normalized spacial score (nSPS) is 10.3. The lowest BCUT2D eigenvalue weighted by Crippen LogP contribution is -2.15. The van der Waals surface area contributed by atoms with E-state index in [-0.39, 0.29) is 5.91 Å². The number of hydrogen-bond acceptors (Lipinski definition) is 3. The molecule has 0 aliphatic heterocycles. The van der Waals surface area contributed by atoms with E-state index in [2.05, 4.69) is 10.3 Å². The van der Waals surface area contributed by atoms with Gasteiger partial charge >= 0.3 is 0 Å². The minimum absolute atomic E-state index is 0.263. The third kappa shape index (κ3) is 3.52. The minimum atomic E-state index is -0.263. The number of nitrogens with one attached hydrogen (secondary N) is 1. The molecule has 2 rings (SSSR count). The Bertz CT molecular complexity index is 683. The molecule has 1 N–H and O–H groups in total. The van der Waals surface area contributed by atoms with Crippen molar-refractivity contribution in [1.29, 1.82) is 0 Å². The molecule has 0 unspecified atom stereocenters. The van der Waals surface area contributed by atoms with E-state index in [0.717, 1.165) is 22.6 Å². The summed E-state index contributed by atoms with van der Waals surface area (Å²) in [6, 6.07) is 7.45. The molecule has 0 saturated carbocycles. The van der Waals surface area contributed by atoms with Gasteiger partial charge in [-0.05, 0) is 37.6 Å². The van der Waals surface area contributed by atoms with Crippen LogP contribution in [-0.4, -0.2) is 25.0 Å². The third-order valence-electron chi connectivity index (χ3n) is 3.18. The van der Waals surface area contributed by atoms with Crippen LogP contribution in [0.3, 0.4) is 0 Å². The van der Waals surface area contributed by atoms with Crippen LogP contribution < -0.4 is 10.2 Å². The first-order valence-corrected chi connectivity index (χ1v) is 6.97. The van der Waals surface area contributed by atoms with Crippen LogP contribution in [-0.2, 0) is 0 Å². The first-order chi connectivity index (χ1) is 9.88. The highest BCUT2D eigenvalue weighted by molar-refractivity contribution is 6.34. The van der Waals surface area contributed by atoms with E-state index in [0.29, 0.717) is 10.6 Å². The molecule has 1 aromatic carbocycles. The third-order valence-corrected chi connectivity index (χ3v) is 3.50. The monoisotopic (exact) mass is 303 g/mol. The molecule has 21 heavy (non-hydrogen) atoms. The van der Waals surface area contributed by atoms with E-state index in [4.69, 9.17) is 11.6 Å². The van der Waals surface area contributed by atoms with E-state index in [1.165, 1.54) is 6.20 Å². The van der Waals surface area contributed by atoms with Crippen molar-refractivity contribution in [2.24, 2.45) is 0 Å². The summed E-state index contributed by atoms with van der Waals surface area (Å²) < 4.78 is 0. The Hall–Kier alpha value is -2.07. The summed E-state index contributed by atoms with van der Waals surface area (Å²) in [6.45, 7) is 3.86. The Morgan fingerprint density at radius 1 is 1.24 bits per heavy atom. The molecule has 1 heterocycles. The number of nitrogens with zero attached hydrogens (tertiary/aromatic N) is 2. The SMILES string of the molecule is Cc1cc(Cl)c(C(=O)Nc2ccc(C)c(N(C)C)c2)cn1. The van der Waals surface area contributed by atoms with Crippen LogP contribution in [0.2, 0.25) is 5.02 Å². The molecule has 1 amide bonds. The maximum Gasteiger partial charge on any atom is 0.258 e. The summed E-state index contributed by atoms with van der Waals surface area (Å²) in [7, 11) is 3.93. The van der Waals surface area contributed by atoms with Crippen molar-refractivity contribution in [3.63, 3.8) is 0 Å². The standard InChI is InChI=1S/C16H18ClN3O/c1-10-5-6-12(8-15(10)20(3)4)19-16(21)13-9-18-11(2)7-14(13)17/h5-9H,1-4H3,(H,19,21). The van der Waals surface area contributed by atoms with Gasteiger partial charge in [0, 0.05) is 37.4 Å². The molecule has 0 saturated heterocycles. The topological polar surface area (TPSA) is 45.2 Å². The zero-order chi connectivity index (χ0) is 15.6. The number of halogens is 1. The number of amides is 1. The lowest BCUT2D eigenvalue weighted by atomic mass is 10.1. The second kappa shape index (κ2) is 6.14. The van der Waals surface area contributed by atoms with Crippen molar-refractivity contribution in [1.82, 2.24) is 4.98 Å². The molecule has 110 valence electrons. The fourth-order valence-corrected chi connectivity index (χ4v) is 2.35. The molecule has 0 fully saturated rings. The summed E-state index contributed by atoms with van der Waals surface area (Å²) in [6.07, 6.45) is 1.49. The predicted octanol–water partition coefficient (Wildman–Crippen LogP) is 3.67. The largest absolute Gasteiger partial charge is 0.377 e. The number of aryl methyl sites for hydroxylation is 2. The number of carbonyl (C=O) groups is 1. The molecule has 5 heteroatoms. The van der Waals surface area contributed by atoms with Crippen molar-refractivity contribution < 1.29 is 4.79 Å². The molecule has 2 aromatic rings. The zero-order valence-electron chi connectivity index (χ0n) is 12.6. The Balaban J connectivity index is 2.25. The molecule has 0 radical (unpaired) electrons. The fourth-order valence-electron chi connectivity index (χ4n) is 2.06. The second-order valence-corrected chi connectivity index (χ2v) is 5.56. The number of benzene rings is 1. The van der Waals surface area contributed by atoms with Gasteiger partial charge in [0.1, 0.15) is 0 Å². The van der Waals surface area contributed by atoms with Gasteiger partial charge in [-0.25, -0.2) is 0 Å². The lowest BCUT2D eigenvalue weighted by Gasteiger charge is -2.17. The van der Waals surface area contributed by atoms with Crippen LogP contribution in [0.15, 0.2) is 30.5 Å². The van der Waals surface area contributed by atoms with E-state index in [1.54, 1.807) is 6.07 Å². The van der Waals surface area contributed by atoms with Crippen LogP contribution in [0.4, 0.5) is 11.4 Å². The van der Waals surface area contributed by atoms with Crippen LogP contribution in [0, 0.1) is 13.8 Å². The maximum absolute atomic E-state index is 12.3. The number of hydrogen-bond donors (Lipinski definition) is 1. The van der Waals surface area contributed by atoms with E-state index < -0.39 is 0 Å². The maximum atomic E-state index is 12.3. The molecule has 0 spiro atoms. The smallest absolute Gasteiger partial charge is 0.258 e. The molecular formula is C16H18ClN3O. The van der Waals surface area contributed by atoms with Gasteiger partial charge < -0.3 is 10.2 Å². The van der Waals surface area contributed by atoms with E-state index >= 15 is 0 Å². The molecule has 0 aliphatic carbocycles. The molecule has 0 bridgehead atoms. The quantitative estimate of drug-likeness (QED) is 0.941. The summed E-state index contributed by atoms with van der Waals surface area (Å²) in [5, 5.41) is 3.25. The van der Waals surface area contributed by atoms with Crippen molar-refractivity contribution in [2.45, 2.75) is 13.8 Å². The van der Waals surface area contributed by atoms with Crippen LogP contribution in [0.5, 0.6) is 0 Å². The van der Waals surface area contributed by atoms with E-state index in [1.807, 2.05) is 51.0 Å². The summed E-state index contributed by atoms with van der Waals surface area (Å²) in [5.41, 5.74) is 4.08. The van der Waals surface area contributed by atoms with Crippen molar-refractivity contribution in [3.05, 3.63) is 52.3 Å². The highest BCUT2D eigenvalue weighted by Gasteiger charge is 2.12. The average Bonchev–Trinajstić information content (AvgIpc) is 2.40. The lowest BCUT2D eigenvalue weighted by molar-refractivity contribution is 0.102. The first kappa shape index (κ1) is 15.3. The number of pyridine rings is 1. The van der Waals surface area contributed by atoms with Gasteiger partial charge in [-0.15, -0.1) is 0 Å². The van der Waals surface area contributed by atoms with E-state index in [9.17, 15) is 4.79 Å².